The topological polar surface area (TPSA) is 95.3 Å². The number of hydrogen-bond donors (Lipinski definition) is 1. The summed E-state index contributed by atoms with van der Waals surface area (Å²) >= 11 is 8.77. The minimum absolute atomic E-state index is 0.0511. The number of ether oxygens (including phenoxy) is 2. The Hall–Kier alpha value is -2.89. The van der Waals surface area contributed by atoms with E-state index in [0.29, 0.717) is 39.8 Å². The van der Waals surface area contributed by atoms with E-state index in [0.717, 1.165) is 29.7 Å². The van der Waals surface area contributed by atoms with Gasteiger partial charge in [0.1, 0.15) is 16.6 Å². The summed E-state index contributed by atoms with van der Waals surface area (Å²) in [5.41, 5.74) is 1.47. The van der Waals surface area contributed by atoms with Crippen LogP contribution in [0.4, 0.5) is 9.39 Å². The molecule has 2 atom stereocenters. The molecular formula is C27H30ClFN4O4S2. The summed E-state index contributed by atoms with van der Waals surface area (Å²) in [7, 11) is 0. The van der Waals surface area contributed by atoms with Crippen LogP contribution in [0, 0.1) is 11.7 Å². The number of rotatable bonds is 11. The van der Waals surface area contributed by atoms with E-state index in [9.17, 15) is 14.0 Å². The zero-order valence-electron chi connectivity index (χ0n) is 22.0. The molecule has 0 spiro atoms. The maximum absolute atomic E-state index is 13.4. The lowest BCUT2D eigenvalue weighted by atomic mass is 9.88. The standard InChI is InChI=1S/C27H30ClFN4O4S2/c1-5-11-33-24(16(4)37-20-10-8-17(29)13-19(20)28)31-32-27(33)38-14-22(34)30-25-23(26(35)36-6-2)18-9-7-15(3)12-21(18)39-25/h5,8,10,13,15-16H,1,6-7,9,11-12,14H2,2-4H3,(H,30,34). The molecule has 0 saturated heterocycles. The fourth-order valence-corrected chi connectivity index (χ4v) is 6.75. The zero-order valence-corrected chi connectivity index (χ0v) is 24.3. The van der Waals surface area contributed by atoms with Crippen LogP contribution in [0.25, 0.3) is 0 Å². The van der Waals surface area contributed by atoms with Crippen molar-refractivity contribution in [2.45, 2.75) is 57.8 Å². The average Bonchev–Trinajstić information content (AvgIpc) is 3.45. The van der Waals surface area contributed by atoms with Gasteiger partial charge in [0.15, 0.2) is 17.1 Å². The summed E-state index contributed by atoms with van der Waals surface area (Å²) in [5, 5.41) is 12.6. The number of anilines is 1. The Morgan fingerprint density at radius 2 is 2.21 bits per heavy atom. The maximum atomic E-state index is 13.4. The van der Waals surface area contributed by atoms with Crippen LogP contribution in [-0.4, -0.2) is 39.0 Å². The van der Waals surface area contributed by atoms with Gasteiger partial charge in [0, 0.05) is 11.4 Å². The molecule has 0 bridgehead atoms. The molecule has 1 aliphatic carbocycles. The van der Waals surface area contributed by atoms with E-state index in [1.807, 2.05) is 0 Å². The number of hydrogen-bond acceptors (Lipinski definition) is 8. The molecule has 8 nitrogen and oxygen atoms in total. The summed E-state index contributed by atoms with van der Waals surface area (Å²) in [6.45, 7) is 10.2. The quantitative estimate of drug-likeness (QED) is 0.154. The van der Waals surface area contributed by atoms with E-state index in [4.69, 9.17) is 21.1 Å². The van der Waals surface area contributed by atoms with E-state index in [2.05, 4.69) is 29.0 Å². The van der Waals surface area contributed by atoms with Gasteiger partial charge < -0.3 is 14.8 Å². The first-order chi connectivity index (χ1) is 18.7. The Labute approximate surface area is 239 Å². The van der Waals surface area contributed by atoms with E-state index < -0.39 is 17.9 Å². The number of amides is 1. The van der Waals surface area contributed by atoms with E-state index in [1.165, 1.54) is 41.3 Å². The number of carbonyl (C=O) groups is 2. The second-order valence-corrected chi connectivity index (χ2v) is 11.6. The van der Waals surface area contributed by atoms with Crippen LogP contribution < -0.4 is 10.1 Å². The molecule has 2 heterocycles. The number of nitrogens with zero attached hydrogens (tertiary/aromatic N) is 3. The van der Waals surface area contributed by atoms with Crippen LogP contribution in [0.1, 0.15) is 59.9 Å². The third-order valence-electron chi connectivity index (χ3n) is 6.19. The monoisotopic (exact) mass is 592 g/mol. The van der Waals surface area contributed by atoms with Crippen molar-refractivity contribution in [1.82, 2.24) is 14.8 Å². The number of thioether (sulfide) groups is 1. The van der Waals surface area contributed by atoms with Crippen molar-refractivity contribution >= 4 is 51.6 Å². The van der Waals surface area contributed by atoms with Crippen LogP contribution in [0.3, 0.4) is 0 Å². The van der Waals surface area contributed by atoms with E-state index >= 15 is 0 Å². The number of benzene rings is 1. The van der Waals surface area contributed by atoms with Crippen molar-refractivity contribution in [3.8, 4) is 5.75 Å². The molecule has 1 amide bonds. The summed E-state index contributed by atoms with van der Waals surface area (Å²) in [6.07, 6.45) is 3.81. The molecule has 39 heavy (non-hydrogen) atoms. The van der Waals surface area contributed by atoms with Gasteiger partial charge in [-0.3, -0.25) is 9.36 Å². The van der Waals surface area contributed by atoms with Gasteiger partial charge in [-0.1, -0.05) is 36.4 Å². The van der Waals surface area contributed by atoms with Crippen molar-refractivity contribution < 1.29 is 23.5 Å². The lowest BCUT2D eigenvalue weighted by Crippen LogP contribution is -2.18. The largest absolute Gasteiger partial charge is 0.481 e. The number of halogens is 2. The lowest BCUT2D eigenvalue weighted by Gasteiger charge is -2.18. The number of aromatic nitrogens is 3. The van der Waals surface area contributed by atoms with E-state index in [1.54, 1.807) is 24.5 Å². The van der Waals surface area contributed by atoms with Gasteiger partial charge in [0.25, 0.3) is 0 Å². The Balaban J connectivity index is 1.47. The highest BCUT2D eigenvalue weighted by Crippen LogP contribution is 2.40. The molecule has 1 aliphatic rings. The number of nitrogens with one attached hydrogen (secondary N) is 1. The van der Waals surface area contributed by atoms with Gasteiger partial charge in [-0.15, -0.1) is 28.1 Å². The average molecular weight is 593 g/mol. The maximum Gasteiger partial charge on any atom is 0.341 e. The first kappa shape index (κ1) is 29.1. The fraction of sp³-hybridized carbons (Fsp3) is 0.407. The summed E-state index contributed by atoms with van der Waals surface area (Å²) in [5.74, 6) is 0.267. The SMILES string of the molecule is C=CCn1c(SCC(=O)Nc2sc3c(c2C(=O)OCC)CCC(C)C3)nnc1C(C)Oc1ccc(F)cc1Cl. The Bertz CT molecular complexity index is 1380. The minimum atomic E-state index is -0.560. The van der Waals surface area contributed by atoms with Gasteiger partial charge in [-0.05, 0) is 62.8 Å². The second kappa shape index (κ2) is 13.0. The Kier molecular flexibility index (Phi) is 9.68. The number of thiophene rings is 1. The van der Waals surface area contributed by atoms with Crippen molar-refractivity contribution in [1.29, 1.82) is 0 Å². The predicted molar refractivity (Wildman–Crippen MR) is 151 cm³/mol. The smallest absolute Gasteiger partial charge is 0.341 e. The van der Waals surface area contributed by atoms with Crippen LogP contribution in [0.5, 0.6) is 5.75 Å². The molecule has 0 fully saturated rings. The molecular weight excluding hydrogens is 563 g/mol. The first-order valence-electron chi connectivity index (χ1n) is 12.6. The molecule has 3 aromatic rings. The van der Waals surface area contributed by atoms with Gasteiger partial charge >= 0.3 is 5.97 Å². The summed E-state index contributed by atoms with van der Waals surface area (Å²) in [4.78, 5) is 26.9. The third-order valence-corrected chi connectivity index (χ3v) is 8.63. The fourth-order valence-electron chi connectivity index (χ4n) is 4.37. The van der Waals surface area contributed by atoms with Gasteiger partial charge in [0.05, 0.1) is 22.9 Å². The Morgan fingerprint density at radius 1 is 1.41 bits per heavy atom. The molecule has 0 radical (unpaired) electrons. The van der Waals surface area contributed by atoms with Crippen LogP contribution in [0.2, 0.25) is 5.02 Å². The molecule has 2 unspecified atom stereocenters. The number of carbonyl (C=O) groups excluding carboxylic acids is 2. The zero-order chi connectivity index (χ0) is 28.1. The molecule has 208 valence electrons. The highest BCUT2D eigenvalue weighted by molar-refractivity contribution is 7.99. The predicted octanol–water partition coefficient (Wildman–Crippen LogP) is 6.49. The molecule has 1 N–H and O–H groups in total. The second-order valence-electron chi connectivity index (χ2n) is 9.19. The molecule has 0 saturated carbocycles. The molecule has 2 aromatic heterocycles. The van der Waals surface area contributed by atoms with Crippen LogP contribution in [0.15, 0.2) is 36.0 Å². The minimum Gasteiger partial charge on any atom is -0.481 e. The van der Waals surface area contributed by atoms with Crippen molar-refractivity contribution in [2.24, 2.45) is 5.92 Å². The summed E-state index contributed by atoms with van der Waals surface area (Å²) in [6, 6.07) is 3.89. The number of allylic oxidation sites excluding steroid dienone is 1. The van der Waals surface area contributed by atoms with Gasteiger partial charge in [-0.2, -0.15) is 0 Å². The molecule has 4 rings (SSSR count). The Morgan fingerprint density at radius 3 is 2.92 bits per heavy atom. The normalized spacial score (nSPS) is 15.4. The van der Waals surface area contributed by atoms with Crippen LogP contribution >= 0.6 is 34.7 Å². The first-order valence-corrected chi connectivity index (χ1v) is 14.8. The van der Waals surface area contributed by atoms with Crippen LogP contribution in [-0.2, 0) is 28.9 Å². The third kappa shape index (κ3) is 6.82. The van der Waals surface area contributed by atoms with Crippen molar-refractivity contribution in [3.63, 3.8) is 0 Å². The summed E-state index contributed by atoms with van der Waals surface area (Å²) < 4.78 is 26.4. The lowest BCUT2D eigenvalue weighted by molar-refractivity contribution is -0.113. The number of fused-ring (bicyclic) bond motifs is 1. The highest BCUT2D eigenvalue weighted by atomic mass is 35.5. The highest BCUT2D eigenvalue weighted by Gasteiger charge is 2.29. The number of esters is 1. The molecule has 0 aliphatic heterocycles. The van der Waals surface area contributed by atoms with Gasteiger partial charge in [0.2, 0.25) is 5.91 Å². The van der Waals surface area contributed by atoms with E-state index in [-0.39, 0.29) is 23.3 Å². The molecule has 1 aromatic carbocycles. The van der Waals surface area contributed by atoms with Gasteiger partial charge in [-0.25, -0.2) is 9.18 Å². The van der Waals surface area contributed by atoms with Crippen molar-refractivity contribution in [2.75, 3.05) is 17.7 Å². The molecule has 12 heteroatoms. The van der Waals surface area contributed by atoms with Crippen molar-refractivity contribution in [3.05, 3.63) is 63.5 Å².